The molecule has 1 unspecified atom stereocenters. The second-order valence-electron chi connectivity index (χ2n) is 2.34. The lowest BCUT2D eigenvalue weighted by Crippen LogP contribution is -2.20. The van der Waals surface area contributed by atoms with E-state index in [1.165, 1.54) is 0 Å². The minimum Gasteiger partial charge on any atom is -0.264 e. The van der Waals surface area contributed by atoms with E-state index in [2.05, 4.69) is 0 Å². The Morgan fingerprint density at radius 1 is 1.50 bits per heavy atom. The summed E-state index contributed by atoms with van der Waals surface area (Å²) in [6.45, 7) is 0. The summed E-state index contributed by atoms with van der Waals surface area (Å²) in [6, 6.07) is -0.856. The summed E-state index contributed by atoms with van der Waals surface area (Å²) in [5.74, 6) is -0.307. The van der Waals surface area contributed by atoms with E-state index in [1.807, 2.05) is 0 Å². The van der Waals surface area contributed by atoms with Crippen molar-refractivity contribution in [1.82, 2.24) is 0 Å². The fourth-order valence-corrected chi connectivity index (χ4v) is 2.61. The molecule has 1 aliphatic heterocycles. The van der Waals surface area contributed by atoms with Crippen LogP contribution >= 0.6 is 0 Å². The molecule has 1 rings (SSSR count). The molecule has 0 amide bonds. The lowest BCUT2D eigenvalue weighted by atomic mass is 10.3. The van der Waals surface area contributed by atoms with Gasteiger partial charge < -0.3 is 0 Å². The molecule has 0 spiro atoms. The van der Waals surface area contributed by atoms with Crippen molar-refractivity contribution in [3.63, 3.8) is 0 Å². The van der Waals surface area contributed by atoms with Crippen LogP contribution in [-0.2, 0) is 9.84 Å². The maximum atomic E-state index is 10.6. The van der Waals surface area contributed by atoms with Gasteiger partial charge >= 0.3 is 0 Å². The second kappa shape index (κ2) is 2.19. The van der Waals surface area contributed by atoms with Crippen LogP contribution in [-0.4, -0.2) is 30.9 Å². The molecule has 0 aliphatic carbocycles. The second-order valence-corrected chi connectivity index (χ2v) is 4.57. The van der Waals surface area contributed by atoms with E-state index in [1.54, 1.807) is 0 Å². The van der Waals surface area contributed by atoms with Crippen LogP contribution in [0.5, 0.6) is 0 Å². The van der Waals surface area contributed by atoms with Gasteiger partial charge in [0.05, 0.1) is 5.75 Å². The van der Waals surface area contributed by atoms with Crippen LogP contribution < -0.4 is 0 Å². The van der Waals surface area contributed by atoms with Gasteiger partial charge in [0, 0.05) is 11.3 Å². The van der Waals surface area contributed by atoms with Crippen LogP contribution in [0.1, 0.15) is 6.42 Å². The van der Waals surface area contributed by atoms with Crippen LogP contribution in [0.4, 0.5) is 0 Å². The van der Waals surface area contributed by atoms with Gasteiger partial charge in [0.1, 0.15) is 5.75 Å². The molecule has 1 saturated heterocycles. The van der Waals surface area contributed by atoms with Crippen molar-refractivity contribution >= 4 is 9.84 Å². The average molecular weight is 165 g/mol. The minimum atomic E-state index is -3.08. The number of nitro groups is 1. The summed E-state index contributed by atoms with van der Waals surface area (Å²) in [6.07, 6.45) is 0.176. The summed E-state index contributed by atoms with van der Waals surface area (Å²) in [7, 11) is -3.08. The lowest BCUT2D eigenvalue weighted by Gasteiger charge is -1.94. The van der Waals surface area contributed by atoms with E-state index in [9.17, 15) is 18.5 Å². The zero-order valence-electron chi connectivity index (χ0n) is 5.19. The molecule has 6 heteroatoms. The quantitative estimate of drug-likeness (QED) is 0.386. The van der Waals surface area contributed by atoms with Gasteiger partial charge in [-0.3, -0.25) is 10.1 Å². The SMILES string of the molecule is O=[N+]([O-])C1CCS(=O)(=O)C1. The Labute approximate surface area is 58.1 Å². The summed E-state index contributed by atoms with van der Waals surface area (Å²) in [4.78, 5) is 9.51. The molecule has 0 aromatic rings. The molecule has 10 heavy (non-hydrogen) atoms. The molecule has 0 radical (unpaired) electrons. The maximum Gasteiger partial charge on any atom is 0.227 e. The Morgan fingerprint density at radius 2 is 2.10 bits per heavy atom. The predicted octanol–water partition coefficient (Wildman–Crippen LogP) is -0.550. The number of hydrogen-bond donors (Lipinski definition) is 0. The Hall–Kier alpha value is -0.650. The van der Waals surface area contributed by atoms with E-state index < -0.39 is 20.8 Å². The molecule has 5 nitrogen and oxygen atoms in total. The van der Waals surface area contributed by atoms with E-state index in [-0.39, 0.29) is 17.9 Å². The molecular weight excluding hydrogens is 158 g/mol. The summed E-state index contributed by atoms with van der Waals surface area (Å²) >= 11 is 0. The first-order valence-electron chi connectivity index (χ1n) is 2.85. The van der Waals surface area contributed by atoms with E-state index >= 15 is 0 Å². The zero-order valence-corrected chi connectivity index (χ0v) is 6.00. The van der Waals surface area contributed by atoms with Gasteiger partial charge in [0.2, 0.25) is 6.04 Å². The first-order valence-corrected chi connectivity index (χ1v) is 4.67. The van der Waals surface area contributed by atoms with Crippen molar-refractivity contribution in [3.05, 3.63) is 10.1 Å². The molecule has 0 aromatic carbocycles. The Kier molecular flexibility index (Phi) is 1.63. The molecule has 1 fully saturated rings. The summed E-state index contributed by atoms with van der Waals surface area (Å²) in [5, 5.41) is 10.0. The van der Waals surface area contributed by atoms with Gasteiger partial charge in [-0.05, 0) is 0 Å². The Bertz CT molecular complexity index is 244. The molecule has 0 N–H and O–H groups in total. The van der Waals surface area contributed by atoms with Gasteiger partial charge in [-0.25, -0.2) is 8.42 Å². The summed E-state index contributed by atoms with van der Waals surface area (Å²) in [5.41, 5.74) is 0. The van der Waals surface area contributed by atoms with Crippen LogP contribution in [0.3, 0.4) is 0 Å². The average Bonchev–Trinajstić information content (AvgIpc) is 2.10. The molecule has 0 aromatic heterocycles. The molecule has 1 heterocycles. The standard InChI is InChI=1S/C4H7NO4S/c6-5(7)4-1-2-10(8,9)3-4/h4H,1-3H2. The monoisotopic (exact) mass is 165 g/mol. The van der Waals surface area contributed by atoms with E-state index in [0.717, 1.165) is 0 Å². The normalized spacial score (nSPS) is 30.2. The van der Waals surface area contributed by atoms with Crippen LogP contribution in [0, 0.1) is 10.1 Å². The van der Waals surface area contributed by atoms with Crippen molar-refractivity contribution in [1.29, 1.82) is 0 Å². The highest BCUT2D eigenvalue weighted by atomic mass is 32.2. The van der Waals surface area contributed by atoms with Gasteiger partial charge in [0.25, 0.3) is 0 Å². The number of sulfone groups is 1. The molecule has 1 atom stereocenters. The van der Waals surface area contributed by atoms with E-state index in [4.69, 9.17) is 0 Å². The third-order valence-corrected chi connectivity index (χ3v) is 3.26. The molecule has 0 saturated carbocycles. The van der Waals surface area contributed by atoms with Crippen molar-refractivity contribution in [3.8, 4) is 0 Å². The number of rotatable bonds is 1. The number of hydrogen-bond acceptors (Lipinski definition) is 4. The van der Waals surface area contributed by atoms with Gasteiger partial charge in [0.15, 0.2) is 9.84 Å². The third kappa shape index (κ3) is 1.44. The first kappa shape index (κ1) is 7.46. The van der Waals surface area contributed by atoms with E-state index in [0.29, 0.717) is 0 Å². The highest BCUT2D eigenvalue weighted by Crippen LogP contribution is 2.13. The predicted molar refractivity (Wildman–Crippen MR) is 34.1 cm³/mol. The van der Waals surface area contributed by atoms with Gasteiger partial charge in [-0.15, -0.1) is 0 Å². The van der Waals surface area contributed by atoms with Gasteiger partial charge in [-0.1, -0.05) is 0 Å². The van der Waals surface area contributed by atoms with Crippen molar-refractivity contribution in [2.24, 2.45) is 0 Å². The van der Waals surface area contributed by atoms with Gasteiger partial charge in [-0.2, -0.15) is 0 Å². The molecule has 1 aliphatic rings. The highest BCUT2D eigenvalue weighted by molar-refractivity contribution is 7.91. The number of nitrogens with zero attached hydrogens (tertiary/aromatic N) is 1. The summed E-state index contributed by atoms with van der Waals surface area (Å²) < 4.78 is 21.3. The van der Waals surface area contributed by atoms with Crippen LogP contribution in [0.15, 0.2) is 0 Å². The minimum absolute atomic E-state index is 0.0291. The fraction of sp³-hybridized carbons (Fsp3) is 1.00. The van der Waals surface area contributed by atoms with Crippen molar-refractivity contribution < 1.29 is 13.3 Å². The maximum absolute atomic E-state index is 10.6. The third-order valence-electron chi connectivity index (χ3n) is 1.51. The Balaban J connectivity index is 2.69. The topological polar surface area (TPSA) is 77.3 Å². The van der Waals surface area contributed by atoms with Crippen molar-refractivity contribution in [2.75, 3.05) is 11.5 Å². The van der Waals surface area contributed by atoms with Crippen LogP contribution in [0.25, 0.3) is 0 Å². The fourth-order valence-electron chi connectivity index (χ4n) is 0.942. The highest BCUT2D eigenvalue weighted by Gasteiger charge is 2.35. The molecule has 58 valence electrons. The largest absolute Gasteiger partial charge is 0.264 e. The lowest BCUT2D eigenvalue weighted by molar-refractivity contribution is -0.515. The van der Waals surface area contributed by atoms with Crippen molar-refractivity contribution in [2.45, 2.75) is 12.5 Å². The van der Waals surface area contributed by atoms with Crippen LogP contribution in [0.2, 0.25) is 0 Å². The smallest absolute Gasteiger partial charge is 0.227 e. The molecular formula is C4H7NO4S. The first-order chi connectivity index (χ1) is 4.51. The Morgan fingerprint density at radius 3 is 2.30 bits per heavy atom. The molecule has 0 bridgehead atoms. The zero-order chi connectivity index (χ0) is 7.78.